The number of anilines is 2. The van der Waals surface area contributed by atoms with Crippen LogP contribution in [0.15, 0.2) is 16.6 Å². The zero-order valence-corrected chi connectivity index (χ0v) is 13.6. The fraction of sp³-hybridized carbons (Fsp3) is 0.462. The molecule has 0 spiro atoms. The number of aromatic nitrogens is 3. The van der Waals surface area contributed by atoms with Gasteiger partial charge >= 0.3 is 0 Å². The van der Waals surface area contributed by atoms with Crippen molar-refractivity contribution in [1.82, 2.24) is 15.0 Å². The molecule has 2 rings (SSSR count). The molecule has 2 heterocycles. The molecule has 0 atom stereocenters. The lowest BCUT2D eigenvalue weighted by Crippen LogP contribution is -2.07. The summed E-state index contributed by atoms with van der Waals surface area (Å²) in [6.45, 7) is 5.74. The van der Waals surface area contributed by atoms with Crippen LogP contribution < -0.4 is 10.6 Å². The summed E-state index contributed by atoms with van der Waals surface area (Å²) in [6.07, 6.45) is 3.05. The summed E-state index contributed by atoms with van der Waals surface area (Å²) in [4.78, 5) is 13.3. The number of aryl methyl sites for hydroxylation is 1. The highest BCUT2D eigenvalue weighted by Crippen LogP contribution is 2.18. The number of thiazole rings is 1. The van der Waals surface area contributed by atoms with Gasteiger partial charge in [0.15, 0.2) is 5.16 Å². The first-order valence-electron chi connectivity index (χ1n) is 6.53. The van der Waals surface area contributed by atoms with Gasteiger partial charge in [0.05, 0.1) is 17.2 Å². The van der Waals surface area contributed by atoms with Crippen molar-refractivity contribution in [3.63, 3.8) is 0 Å². The van der Waals surface area contributed by atoms with Gasteiger partial charge in [-0.05, 0) is 19.6 Å². The van der Waals surface area contributed by atoms with Crippen molar-refractivity contribution in [1.29, 1.82) is 0 Å². The summed E-state index contributed by atoms with van der Waals surface area (Å²) in [5.41, 5.74) is 1.04. The topological polar surface area (TPSA) is 62.7 Å². The molecule has 0 radical (unpaired) electrons. The molecule has 0 bridgehead atoms. The molecule has 2 aromatic heterocycles. The summed E-state index contributed by atoms with van der Waals surface area (Å²) < 4.78 is 0. The minimum Gasteiger partial charge on any atom is -0.370 e. The van der Waals surface area contributed by atoms with Crippen LogP contribution in [0, 0.1) is 6.92 Å². The number of hydrogen-bond acceptors (Lipinski definition) is 7. The van der Waals surface area contributed by atoms with E-state index >= 15 is 0 Å². The van der Waals surface area contributed by atoms with E-state index in [-0.39, 0.29) is 0 Å². The van der Waals surface area contributed by atoms with E-state index in [1.807, 2.05) is 19.2 Å². The van der Waals surface area contributed by atoms with Crippen molar-refractivity contribution in [3.8, 4) is 0 Å². The molecule has 0 aromatic carbocycles. The van der Waals surface area contributed by atoms with E-state index in [2.05, 4.69) is 37.9 Å². The molecular weight excluding hydrogens is 290 g/mol. The molecule has 0 saturated heterocycles. The van der Waals surface area contributed by atoms with E-state index in [1.54, 1.807) is 23.1 Å². The first-order chi connectivity index (χ1) is 9.71. The van der Waals surface area contributed by atoms with Crippen LogP contribution in [-0.4, -0.2) is 27.8 Å². The maximum absolute atomic E-state index is 4.46. The van der Waals surface area contributed by atoms with Crippen LogP contribution in [0.5, 0.6) is 0 Å². The van der Waals surface area contributed by atoms with Crippen molar-refractivity contribution >= 4 is 34.7 Å². The average Bonchev–Trinajstić information content (AvgIpc) is 2.88. The number of thioether (sulfide) groups is 1. The Bertz CT molecular complexity index is 555. The molecule has 2 N–H and O–H groups in total. The van der Waals surface area contributed by atoms with Crippen molar-refractivity contribution in [3.05, 3.63) is 22.1 Å². The molecule has 0 aliphatic rings. The quantitative estimate of drug-likeness (QED) is 0.604. The van der Waals surface area contributed by atoms with Gasteiger partial charge in [-0.3, -0.25) is 0 Å². The molecule has 0 aliphatic carbocycles. The lowest BCUT2D eigenvalue weighted by Gasteiger charge is -2.09. The fourth-order valence-corrected chi connectivity index (χ4v) is 2.61. The molecule has 20 heavy (non-hydrogen) atoms. The van der Waals surface area contributed by atoms with Gasteiger partial charge in [0.2, 0.25) is 0 Å². The average molecular weight is 309 g/mol. The first kappa shape index (κ1) is 15.1. The third kappa shape index (κ3) is 4.35. The van der Waals surface area contributed by atoms with Gasteiger partial charge in [-0.1, -0.05) is 18.7 Å². The van der Waals surface area contributed by atoms with Crippen LogP contribution in [0.1, 0.15) is 24.0 Å². The highest BCUT2D eigenvalue weighted by atomic mass is 32.2. The van der Waals surface area contributed by atoms with Crippen LogP contribution in [0.3, 0.4) is 0 Å². The number of nitrogens with zero attached hydrogens (tertiary/aromatic N) is 3. The summed E-state index contributed by atoms with van der Waals surface area (Å²) in [5.74, 6) is 1.69. The first-order valence-corrected chi connectivity index (χ1v) is 8.63. The molecule has 0 saturated carbocycles. The standard InChI is InChI=1S/C13H19N5S2/c1-4-5-14-11-6-12(18-13(17-11)19-3)15-7-10-8-20-9(2)16-10/h6,8H,4-5,7H2,1-3H3,(H2,14,15,17,18). The fourth-order valence-electron chi connectivity index (χ4n) is 1.62. The van der Waals surface area contributed by atoms with E-state index in [0.717, 1.165) is 40.5 Å². The van der Waals surface area contributed by atoms with Crippen LogP contribution >= 0.6 is 23.1 Å². The van der Waals surface area contributed by atoms with E-state index in [4.69, 9.17) is 0 Å². The third-order valence-corrected chi connectivity index (χ3v) is 3.93. The highest BCUT2D eigenvalue weighted by molar-refractivity contribution is 7.98. The Labute approximate surface area is 127 Å². The van der Waals surface area contributed by atoms with E-state index in [0.29, 0.717) is 6.54 Å². The maximum Gasteiger partial charge on any atom is 0.191 e. The van der Waals surface area contributed by atoms with Gasteiger partial charge in [-0.25, -0.2) is 15.0 Å². The molecule has 0 fully saturated rings. The Morgan fingerprint density at radius 2 is 1.95 bits per heavy atom. The minimum absolute atomic E-state index is 0.683. The van der Waals surface area contributed by atoms with E-state index in [9.17, 15) is 0 Å². The molecule has 108 valence electrons. The van der Waals surface area contributed by atoms with Gasteiger partial charge in [-0.15, -0.1) is 11.3 Å². The second kappa shape index (κ2) is 7.44. The zero-order valence-electron chi connectivity index (χ0n) is 11.9. The van der Waals surface area contributed by atoms with Gasteiger partial charge < -0.3 is 10.6 Å². The lowest BCUT2D eigenvalue weighted by atomic mass is 10.4. The molecular formula is C13H19N5S2. The Balaban J connectivity index is 2.05. The summed E-state index contributed by atoms with van der Waals surface area (Å²) in [6, 6.07) is 1.94. The molecule has 0 amide bonds. The molecule has 5 nitrogen and oxygen atoms in total. The zero-order chi connectivity index (χ0) is 14.4. The normalized spacial score (nSPS) is 10.6. The van der Waals surface area contributed by atoms with Gasteiger partial charge in [-0.2, -0.15) is 0 Å². The second-order valence-corrected chi connectivity index (χ2v) is 6.10. The van der Waals surface area contributed by atoms with Crippen LogP contribution in [0.4, 0.5) is 11.6 Å². The van der Waals surface area contributed by atoms with Crippen LogP contribution in [0.25, 0.3) is 0 Å². The number of rotatable bonds is 7. The minimum atomic E-state index is 0.683. The molecule has 0 aliphatic heterocycles. The van der Waals surface area contributed by atoms with Crippen LogP contribution in [-0.2, 0) is 6.54 Å². The Morgan fingerprint density at radius 3 is 2.55 bits per heavy atom. The van der Waals surface area contributed by atoms with Crippen molar-refractivity contribution in [2.45, 2.75) is 32.0 Å². The maximum atomic E-state index is 4.46. The number of nitrogens with one attached hydrogen (secondary N) is 2. The second-order valence-electron chi connectivity index (χ2n) is 4.26. The van der Waals surface area contributed by atoms with E-state index < -0.39 is 0 Å². The van der Waals surface area contributed by atoms with Gasteiger partial charge in [0.1, 0.15) is 11.6 Å². The largest absolute Gasteiger partial charge is 0.370 e. The van der Waals surface area contributed by atoms with Crippen LogP contribution in [0.2, 0.25) is 0 Å². The number of hydrogen-bond donors (Lipinski definition) is 2. The predicted octanol–water partition coefficient (Wildman–Crippen LogP) is 3.40. The van der Waals surface area contributed by atoms with Crippen molar-refractivity contribution in [2.75, 3.05) is 23.4 Å². The summed E-state index contributed by atoms with van der Waals surface area (Å²) in [7, 11) is 0. The lowest BCUT2D eigenvalue weighted by molar-refractivity contribution is 0.918. The molecule has 2 aromatic rings. The third-order valence-electron chi connectivity index (χ3n) is 2.56. The van der Waals surface area contributed by atoms with Crippen molar-refractivity contribution in [2.24, 2.45) is 0 Å². The Morgan fingerprint density at radius 1 is 1.20 bits per heavy atom. The van der Waals surface area contributed by atoms with E-state index in [1.165, 1.54) is 0 Å². The molecule has 0 unspecified atom stereocenters. The highest BCUT2D eigenvalue weighted by Gasteiger charge is 2.05. The Kier molecular flexibility index (Phi) is 5.60. The monoisotopic (exact) mass is 309 g/mol. The summed E-state index contributed by atoms with van der Waals surface area (Å²) >= 11 is 3.20. The predicted molar refractivity (Wildman–Crippen MR) is 86.8 cm³/mol. The Hall–Kier alpha value is -1.34. The smallest absolute Gasteiger partial charge is 0.191 e. The summed E-state index contributed by atoms with van der Waals surface area (Å²) in [5, 5.41) is 10.5. The van der Waals surface area contributed by atoms with Crippen molar-refractivity contribution < 1.29 is 0 Å². The van der Waals surface area contributed by atoms with Gasteiger partial charge in [0.25, 0.3) is 0 Å². The molecule has 7 heteroatoms. The van der Waals surface area contributed by atoms with Gasteiger partial charge in [0, 0.05) is 18.0 Å². The SMILES string of the molecule is CCCNc1cc(NCc2csc(C)n2)nc(SC)n1.